The van der Waals surface area contributed by atoms with Crippen molar-refractivity contribution < 1.29 is 13.4 Å². The second-order valence-corrected chi connectivity index (χ2v) is 9.67. The normalized spacial score (nSPS) is 26.1. The number of nitrogens with zero attached hydrogens (tertiary/aromatic N) is 2. The molecule has 0 aromatic heterocycles. The van der Waals surface area contributed by atoms with Crippen LogP contribution < -0.4 is 11.1 Å². The zero-order chi connectivity index (χ0) is 19.1. The Morgan fingerprint density at radius 3 is 2.81 bits per heavy atom. The topological polar surface area (TPSA) is 87.8 Å². The first-order chi connectivity index (χ1) is 12.2. The highest BCUT2D eigenvalue weighted by atomic mass is 32.2. The number of rotatable bonds is 4. The van der Waals surface area contributed by atoms with E-state index in [4.69, 9.17) is 5.73 Å². The van der Waals surface area contributed by atoms with E-state index in [0.717, 1.165) is 12.8 Å². The van der Waals surface area contributed by atoms with Crippen molar-refractivity contribution in [1.29, 1.82) is 0 Å². The lowest BCUT2D eigenvalue weighted by molar-refractivity contribution is -0.116. The standard InChI is InChI=1S/C18H25FN4O2S/c1-18(2)17(20)22-15(10-23(3)26(18)25)13-9-12(6-7-14(13)19)21-16(24)8-11-4-5-11/h6-7,9,11,15H,4-5,8,10H2,1-3H3,(H2,20,22)(H,21,24). The van der Waals surface area contributed by atoms with Crippen molar-refractivity contribution in [1.82, 2.24) is 4.31 Å². The number of halogens is 1. The van der Waals surface area contributed by atoms with Crippen LogP contribution in [0.3, 0.4) is 0 Å². The molecule has 1 aliphatic heterocycles. The number of amidine groups is 1. The predicted octanol–water partition coefficient (Wildman–Crippen LogP) is 2.35. The van der Waals surface area contributed by atoms with E-state index >= 15 is 0 Å². The summed E-state index contributed by atoms with van der Waals surface area (Å²) in [5, 5.41) is 2.82. The molecule has 0 bridgehead atoms. The third-order valence-electron chi connectivity index (χ3n) is 4.87. The van der Waals surface area contributed by atoms with Gasteiger partial charge in [-0.3, -0.25) is 9.79 Å². The Labute approximate surface area is 155 Å². The maximum atomic E-state index is 14.5. The van der Waals surface area contributed by atoms with E-state index < -0.39 is 27.6 Å². The van der Waals surface area contributed by atoms with E-state index in [1.807, 2.05) is 0 Å². The average molecular weight is 380 g/mol. The zero-order valence-electron chi connectivity index (χ0n) is 15.3. The molecule has 142 valence electrons. The first-order valence-electron chi connectivity index (χ1n) is 8.74. The maximum Gasteiger partial charge on any atom is 0.224 e. The quantitative estimate of drug-likeness (QED) is 0.840. The third-order valence-corrected chi connectivity index (χ3v) is 6.67. The summed E-state index contributed by atoms with van der Waals surface area (Å²) in [7, 11) is 0.334. The van der Waals surface area contributed by atoms with Gasteiger partial charge in [-0.15, -0.1) is 0 Å². The Morgan fingerprint density at radius 2 is 2.15 bits per heavy atom. The maximum absolute atomic E-state index is 14.5. The molecule has 3 rings (SSSR count). The highest BCUT2D eigenvalue weighted by molar-refractivity contribution is 7.85. The highest BCUT2D eigenvalue weighted by Gasteiger charge is 2.38. The van der Waals surface area contributed by atoms with Gasteiger partial charge in [0.1, 0.15) is 27.4 Å². The minimum atomic E-state index is -1.37. The molecule has 2 atom stereocenters. The minimum Gasteiger partial charge on any atom is -0.386 e. The fourth-order valence-electron chi connectivity index (χ4n) is 3.00. The number of carbonyl (C=O) groups excluding carboxylic acids is 1. The smallest absolute Gasteiger partial charge is 0.224 e. The Balaban J connectivity index is 1.87. The van der Waals surface area contributed by atoms with Crippen molar-refractivity contribution in [3.05, 3.63) is 29.6 Å². The Kier molecular flexibility index (Phi) is 5.16. The monoisotopic (exact) mass is 380 g/mol. The summed E-state index contributed by atoms with van der Waals surface area (Å²) in [6.45, 7) is 3.78. The largest absolute Gasteiger partial charge is 0.386 e. The van der Waals surface area contributed by atoms with Gasteiger partial charge in [-0.1, -0.05) is 0 Å². The summed E-state index contributed by atoms with van der Waals surface area (Å²) >= 11 is 0. The van der Waals surface area contributed by atoms with Gasteiger partial charge in [-0.2, -0.15) is 0 Å². The highest BCUT2D eigenvalue weighted by Crippen LogP contribution is 2.33. The molecule has 26 heavy (non-hydrogen) atoms. The predicted molar refractivity (Wildman–Crippen MR) is 102 cm³/mol. The fourth-order valence-corrected chi connectivity index (χ4v) is 4.28. The number of carbonyl (C=O) groups is 1. The van der Waals surface area contributed by atoms with Crippen LogP contribution in [0.15, 0.2) is 23.2 Å². The number of hydrogen-bond donors (Lipinski definition) is 2. The van der Waals surface area contributed by atoms with Crippen LogP contribution in [0.25, 0.3) is 0 Å². The van der Waals surface area contributed by atoms with Crippen molar-refractivity contribution in [3.63, 3.8) is 0 Å². The van der Waals surface area contributed by atoms with Gasteiger partial charge < -0.3 is 11.1 Å². The molecule has 3 N–H and O–H groups in total. The van der Waals surface area contributed by atoms with Gasteiger partial charge in [0.15, 0.2) is 0 Å². The average Bonchev–Trinajstić information content (AvgIpc) is 3.38. The molecule has 0 saturated heterocycles. The Bertz CT molecular complexity index is 776. The van der Waals surface area contributed by atoms with Crippen LogP contribution in [-0.4, -0.2) is 38.6 Å². The molecule has 2 unspecified atom stereocenters. The molecule has 0 radical (unpaired) electrons. The van der Waals surface area contributed by atoms with Crippen molar-refractivity contribution in [3.8, 4) is 0 Å². The van der Waals surface area contributed by atoms with Crippen LogP contribution in [0.4, 0.5) is 10.1 Å². The van der Waals surface area contributed by atoms with Crippen molar-refractivity contribution in [2.45, 2.75) is 43.9 Å². The van der Waals surface area contributed by atoms with Gasteiger partial charge in [0.05, 0.1) is 6.04 Å². The van der Waals surface area contributed by atoms with Gasteiger partial charge in [-0.25, -0.2) is 12.9 Å². The number of nitrogens with two attached hydrogens (primary N) is 1. The lowest BCUT2D eigenvalue weighted by Gasteiger charge is -2.25. The summed E-state index contributed by atoms with van der Waals surface area (Å²) in [5.41, 5.74) is 6.93. The van der Waals surface area contributed by atoms with Crippen LogP contribution in [0.1, 0.15) is 44.7 Å². The molecule has 2 aliphatic rings. The molecule has 1 heterocycles. The van der Waals surface area contributed by atoms with Gasteiger partial charge in [0, 0.05) is 24.2 Å². The first kappa shape index (κ1) is 19.0. The summed E-state index contributed by atoms with van der Waals surface area (Å²) in [5.74, 6) is 0.221. The van der Waals surface area contributed by atoms with E-state index in [9.17, 15) is 13.4 Å². The van der Waals surface area contributed by atoms with Crippen LogP contribution in [0, 0.1) is 11.7 Å². The van der Waals surface area contributed by atoms with Crippen LogP contribution in [-0.2, 0) is 15.8 Å². The van der Waals surface area contributed by atoms with Gasteiger partial charge in [0.25, 0.3) is 0 Å². The molecule has 1 amide bonds. The lowest BCUT2D eigenvalue weighted by atomic mass is 10.0. The molecule has 1 saturated carbocycles. The fraction of sp³-hybridized carbons (Fsp3) is 0.556. The SMILES string of the molecule is CN1CC(c2cc(NC(=O)CC3CC3)ccc2F)N=C(N)C(C)(C)S1=O. The first-order valence-corrected chi connectivity index (χ1v) is 9.85. The van der Waals surface area contributed by atoms with Crippen molar-refractivity contribution in [2.75, 3.05) is 18.9 Å². The number of amides is 1. The Hall–Kier alpha value is -1.80. The number of aliphatic imine (C=N–C) groups is 1. The molecule has 1 aromatic rings. The number of benzene rings is 1. The van der Waals surface area contributed by atoms with Crippen molar-refractivity contribution >= 4 is 28.4 Å². The molecule has 1 aliphatic carbocycles. The number of likely N-dealkylation sites (N-methyl/N-ethyl adjacent to an activating group) is 1. The summed E-state index contributed by atoms with van der Waals surface area (Å²) in [4.78, 5) is 16.5. The molecule has 6 nitrogen and oxygen atoms in total. The van der Waals surface area contributed by atoms with E-state index in [-0.39, 0.29) is 18.3 Å². The number of hydrogen-bond acceptors (Lipinski definition) is 4. The summed E-state index contributed by atoms with van der Waals surface area (Å²) in [6.07, 6.45) is 2.69. The lowest BCUT2D eigenvalue weighted by Crippen LogP contribution is -2.45. The van der Waals surface area contributed by atoms with E-state index in [2.05, 4.69) is 10.3 Å². The Morgan fingerprint density at radius 1 is 1.46 bits per heavy atom. The molecular weight excluding hydrogens is 355 g/mol. The zero-order valence-corrected chi connectivity index (χ0v) is 16.1. The van der Waals surface area contributed by atoms with Crippen LogP contribution in [0.2, 0.25) is 0 Å². The molecule has 0 spiro atoms. The number of nitrogens with one attached hydrogen (secondary N) is 1. The van der Waals surface area contributed by atoms with Crippen molar-refractivity contribution in [2.24, 2.45) is 16.6 Å². The second-order valence-electron chi connectivity index (χ2n) is 7.53. The minimum absolute atomic E-state index is 0.0618. The van der Waals surface area contributed by atoms with E-state index in [1.165, 1.54) is 6.07 Å². The second kappa shape index (κ2) is 7.08. The summed E-state index contributed by atoms with van der Waals surface area (Å²) < 4.78 is 27.9. The third kappa shape index (κ3) is 3.96. The van der Waals surface area contributed by atoms with Crippen LogP contribution >= 0.6 is 0 Å². The van der Waals surface area contributed by atoms with E-state index in [0.29, 0.717) is 23.6 Å². The molecule has 1 fully saturated rings. The van der Waals surface area contributed by atoms with Crippen LogP contribution in [0.5, 0.6) is 0 Å². The molecular formula is C18H25FN4O2S. The van der Waals surface area contributed by atoms with E-state index in [1.54, 1.807) is 37.3 Å². The molecule has 1 aromatic carbocycles. The van der Waals surface area contributed by atoms with Gasteiger partial charge >= 0.3 is 0 Å². The number of anilines is 1. The molecule has 8 heteroatoms. The van der Waals surface area contributed by atoms with Gasteiger partial charge in [0.2, 0.25) is 5.91 Å². The van der Waals surface area contributed by atoms with Gasteiger partial charge in [-0.05, 0) is 57.9 Å². The summed E-state index contributed by atoms with van der Waals surface area (Å²) in [6, 6.07) is 3.86.